The lowest BCUT2D eigenvalue weighted by Crippen LogP contribution is -2.08. The van der Waals surface area contributed by atoms with E-state index >= 15 is 0 Å². The molecule has 0 aliphatic carbocycles. The highest BCUT2D eigenvalue weighted by Gasteiger charge is 2.10. The van der Waals surface area contributed by atoms with Crippen molar-refractivity contribution in [3.63, 3.8) is 0 Å². The van der Waals surface area contributed by atoms with Gasteiger partial charge in [-0.15, -0.1) is 0 Å². The minimum Gasteiger partial charge on any atom is -0.462 e. The van der Waals surface area contributed by atoms with Crippen molar-refractivity contribution in [3.05, 3.63) is 32.9 Å². The summed E-state index contributed by atoms with van der Waals surface area (Å²) in [5.41, 5.74) is 1.45. The van der Waals surface area contributed by atoms with Crippen molar-refractivity contribution in [2.24, 2.45) is 0 Å². The predicted octanol–water partition coefficient (Wildman–Crippen LogP) is 2.97. The van der Waals surface area contributed by atoms with Crippen LogP contribution in [0.25, 0.3) is 0 Å². The summed E-state index contributed by atoms with van der Waals surface area (Å²) in [4.78, 5) is 22.8. The number of carbonyl (C=O) groups excluding carboxylic acids is 2. The summed E-state index contributed by atoms with van der Waals surface area (Å²) in [6.07, 6.45) is 0.382. The lowest BCUT2D eigenvalue weighted by molar-refractivity contribution is -0.115. The highest BCUT2D eigenvalue weighted by molar-refractivity contribution is 14.1. The number of ether oxygens (including phenoxy) is 1. The van der Waals surface area contributed by atoms with Crippen LogP contribution >= 0.6 is 38.5 Å². The molecule has 0 radical (unpaired) electrons. The Morgan fingerprint density at radius 3 is 2.65 bits per heavy atom. The van der Waals surface area contributed by atoms with Crippen LogP contribution in [0.3, 0.4) is 0 Å². The number of alkyl halides is 1. The van der Waals surface area contributed by atoms with Gasteiger partial charge in [0.2, 0.25) is 0 Å². The Kier molecular flexibility index (Phi) is 6.11. The van der Waals surface area contributed by atoms with Crippen LogP contribution in [0.2, 0.25) is 0 Å². The Balaban J connectivity index is 2.86. The lowest BCUT2D eigenvalue weighted by atomic mass is 10.1. The number of hydrogen-bond donors (Lipinski definition) is 0. The van der Waals surface area contributed by atoms with Gasteiger partial charge in [-0.25, -0.2) is 4.79 Å². The summed E-state index contributed by atoms with van der Waals surface area (Å²) in [6.45, 7) is 2.13. The average molecular weight is 411 g/mol. The second-order valence-electron chi connectivity index (χ2n) is 3.38. The van der Waals surface area contributed by atoms with Crippen molar-refractivity contribution < 1.29 is 14.3 Å². The molecule has 17 heavy (non-hydrogen) atoms. The Bertz CT molecular complexity index is 432. The van der Waals surface area contributed by atoms with Crippen LogP contribution in [0.15, 0.2) is 18.2 Å². The minimum absolute atomic E-state index is 0.117. The molecule has 0 fully saturated rings. The molecule has 0 atom stereocenters. The molecular weight excluding hydrogens is 399 g/mol. The molecule has 5 heteroatoms. The van der Waals surface area contributed by atoms with E-state index in [-0.39, 0.29) is 11.8 Å². The van der Waals surface area contributed by atoms with E-state index in [2.05, 4.69) is 38.5 Å². The topological polar surface area (TPSA) is 43.4 Å². The third-order valence-electron chi connectivity index (χ3n) is 2.10. The first-order valence-electron chi connectivity index (χ1n) is 5.11. The van der Waals surface area contributed by atoms with Gasteiger partial charge < -0.3 is 4.74 Å². The summed E-state index contributed by atoms with van der Waals surface area (Å²) >= 11 is 5.25. The highest BCUT2D eigenvalue weighted by atomic mass is 127. The van der Waals surface area contributed by atoms with Crippen molar-refractivity contribution in [2.45, 2.75) is 13.3 Å². The summed E-state index contributed by atoms with van der Waals surface area (Å²) in [5, 5.41) is 0.350. The average Bonchev–Trinajstić information content (AvgIpc) is 2.31. The zero-order chi connectivity index (χ0) is 12.8. The lowest BCUT2D eigenvalue weighted by Gasteiger charge is -2.06. The summed E-state index contributed by atoms with van der Waals surface area (Å²) in [5.74, 6) is -0.212. The molecule has 3 nitrogen and oxygen atoms in total. The van der Waals surface area contributed by atoms with Crippen LogP contribution in [0.5, 0.6) is 0 Å². The van der Waals surface area contributed by atoms with Crippen LogP contribution in [0.1, 0.15) is 22.8 Å². The predicted molar refractivity (Wildman–Crippen MR) is 77.6 cm³/mol. The van der Waals surface area contributed by atoms with Gasteiger partial charge in [-0.2, -0.15) is 0 Å². The van der Waals surface area contributed by atoms with Gasteiger partial charge in [0.25, 0.3) is 0 Å². The van der Waals surface area contributed by atoms with Crippen molar-refractivity contribution in [1.29, 1.82) is 0 Å². The van der Waals surface area contributed by atoms with E-state index in [1.807, 2.05) is 0 Å². The van der Waals surface area contributed by atoms with Crippen LogP contribution < -0.4 is 0 Å². The van der Waals surface area contributed by atoms with Crippen molar-refractivity contribution >= 4 is 50.3 Å². The molecule has 1 aromatic carbocycles. The van der Waals surface area contributed by atoms with E-state index < -0.39 is 0 Å². The molecule has 0 N–H and O–H groups in total. The molecule has 1 rings (SSSR count). The smallest absolute Gasteiger partial charge is 0.338 e. The molecule has 92 valence electrons. The van der Waals surface area contributed by atoms with E-state index in [0.29, 0.717) is 23.9 Å². The molecule has 1 aromatic rings. The molecule has 0 saturated heterocycles. The van der Waals surface area contributed by atoms with Gasteiger partial charge in [0.1, 0.15) is 5.78 Å². The maximum atomic E-state index is 11.5. The van der Waals surface area contributed by atoms with E-state index in [1.165, 1.54) is 0 Å². The Labute approximate surface area is 122 Å². The molecule has 0 unspecified atom stereocenters. The minimum atomic E-state index is -0.330. The number of Topliss-reactive ketones (excluding diaryl/α,β-unsaturated/α-hetero) is 1. The molecule has 0 aromatic heterocycles. The van der Waals surface area contributed by atoms with Crippen LogP contribution in [-0.2, 0) is 16.0 Å². The fourth-order valence-corrected chi connectivity index (χ4v) is 2.20. The first-order valence-corrected chi connectivity index (χ1v) is 7.31. The van der Waals surface area contributed by atoms with Gasteiger partial charge >= 0.3 is 5.97 Å². The first kappa shape index (κ1) is 14.6. The number of halogens is 2. The third-order valence-corrected chi connectivity index (χ3v) is 3.73. The van der Waals surface area contributed by atoms with Gasteiger partial charge in [0.05, 0.1) is 17.5 Å². The second kappa shape index (κ2) is 7.10. The molecule has 0 aliphatic rings. The Hall–Kier alpha value is -0.430. The maximum Gasteiger partial charge on any atom is 0.338 e. The Morgan fingerprint density at radius 2 is 2.12 bits per heavy atom. The number of carbonyl (C=O) groups is 2. The van der Waals surface area contributed by atoms with Crippen LogP contribution in [0, 0.1) is 3.57 Å². The molecule has 0 aliphatic heterocycles. The van der Waals surface area contributed by atoms with Gasteiger partial charge in [-0.05, 0) is 47.2 Å². The quantitative estimate of drug-likeness (QED) is 0.425. The van der Waals surface area contributed by atoms with Crippen LogP contribution in [0.4, 0.5) is 0 Å². The summed E-state index contributed by atoms with van der Waals surface area (Å²) in [7, 11) is 0. The highest BCUT2D eigenvalue weighted by Crippen LogP contribution is 2.16. The van der Waals surface area contributed by atoms with Gasteiger partial charge in [-0.3, -0.25) is 4.79 Å². The first-order chi connectivity index (χ1) is 8.08. The summed E-state index contributed by atoms with van der Waals surface area (Å²) in [6, 6.07) is 5.24. The SMILES string of the molecule is CCOC(=O)c1ccc(CC(=O)CBr)c(I)c1. The van der Waals surface area contributed by atoms with Gasteiger partial charge in [0, 0.05) is 9.99 Å². The Morgan fingerprint density at radius 1 is 1.41 bits per heavy atom. The molecule has 0 spiro atoms. The molecule has 0 heterocycles. The summed E-state index contributed by atoms with van der Waals surface area (Å²) < 4.78 is 5.81. The number of ketones is 1. The molecule has 0 saturated carbocycles. The maximum absolute atomic E-state index is 11.5. The third kappa shape index (κ3) is 4.39. The number of hydrogen-bond acceptors (Lipinski definition) is 3. The van der Waals surface area contributed by atoms with Crippen molar-refractivity contribution in [2.75, 3.05) is 11.9 Å². The second-order valence-corrected chi connectivity index (χ2v) is 5.10. The standard InChI is InChI=1S/C12H12BrIO3/c1-2-17-12(16)9-4-3-8(11(14)6-9)5-10(15)7-13/h3-4,6H,2,5,7H2,1H3. The van der Waals surface area contributed by atoms with Crippen molar-refractivity contribution in [3.8, 4) is 0 Å². The fraction of sp³-hybridized carbons (Fsp3) is 0.333. The number of benzene rings is 1. The monoisotopic (exact) mass is 410 g/mol. The molecule has 0 bridgehead atoms. The normalized spacial score (nSPS) is 10.1. The van der Waals surface area contributed by atoms with E-state index in [9.17, 15) is 9.59 Å². The molecular formula is C12H12BrIO3. The van der Waals surface area contributed by atoms with Gasteiger partial charge in [-0.1, -0.05) is 22.0 Å². The zero-order valence-electron chi connectivity index (χ0n) is 9.33. The van der Waals surface area contributed by atoms with Crippen molar-refractivity contribution in [1.82, 2.24) is 0 Å². The van der Waals surface area contributed by atoms with E-state index in [0.717, 1.165) is 9.13 Å². The fourth-order valence-electron chi connectivity index (χ4n) is 1.29. The number of esters is 1. The van der Waals surface area contributed by atoms with E-state index in [1.54, 1.807) is 25.1 Å². The molecule has 0 amide bonds. The zero-order valence-corrected chi connectivity index (χ0v) is 13.1. The largest absolute Gasteiger partial charge is 0.462 e. The van der Waals surface area contributed by atoms with E-state index in [4.69, 9.17) is 4.74 Å². The number of rotatable bonds is 5. The van der Waals surface area contributed by atoms with Gasteiger partial charge in [0.15, 0.2) is 0 Å². The van der Waals surface area contributed by atoms with Crippen LogP contribution in [-0.4, -0.2) is 23.7 Å².